The van der Waals surface area contributed by atoms with Crippen LogP contribution in [-0.2, 0) is 11.3 Å². The van der Waals surface area contributed by atoms with Gasteiger partial charge in [0.05, 0.1) is 11.0 Å². The molecular weight excluding hydrogens is 396 g/mol. The molecule has 2 aliphatic rings. The number of carbonyl (C=O) groups is 1. The smallest absolute Gasteiger partial charge is 0.243 e. The molecule has 0 aliphatic heterocycles. The normalized spacial score (nSPS) is 18.2. The third kappa shape index (κ3) is 4.30. The van der Waals surface area contributed by atoms with Crippen LogP contribution < -0.4 is 0 Å². The molecule has 1 amide bonds. The van der Waals surface area contributed by atoms with Gasteiger partial charge < -0.3 is 9.47 Å². The number of aryl methyl sites for hydroxylation is 1. The molecule has 32 heavy (non-hydrogen) atoms. The fourth-order valence-electron chi connectivity index (χ4n) is 5.74. The van der Waals surface area contributed by atoms with Crippen molar-refractivity contribution in [3.8, 4) is 11.5 Å². The Morgan fingerprint density at radius 2 is 1.53 bits per heavy atom. The zero-order valence-corrected chi connectivity index (χ0v) is 19.2. The Kier molecular flexibility index (Phi) is 6.24. The summed E-state index contributed by atoms with van der Waals surface area (Å²) in [5, 5.41) is 0. The van der Waals surface area contributed by atoms with Gasteiger partial charge in [0, 0.05) is 17.8 Å². The summed E-state index contributed by atoms with van der Waals surface area (Å²) in [5.74, 6) is 1.04. The number of benzene rings is 1. The molecule has 0 saturated heterocycles. The number of hydrogen-bond donors (Lipinski definition) is 0. The average Bonchev–Trinajstić information content (AvgIpc) is 3.19. The molecule has 0 N–H and O–H groups in total. The van der Waals surface area contributed by atoms with Crippen molar-refractivity contribution >= 4 is 16.9 Å². The van der Waals surface area contributed by atoms with Gasteiger partial charge in [-0.1, -0.05) is 56.7 Å². The summed E-state index contributed by atoms with van der Waals surface area (Å²) in [6, 6.07) is 14.9. The lowest BCUT2D eigenvalue weighted by atomic mass is 9.88. The molecule has 0 spiro atoms. The third-order valence-electron chi connectivity index (χ3n) is 7.29. The zero-order chi connectivity index (χ0) is 21.9. The SMILES string of the molecule is Cc1cccc(-c2nc3ccccc3n2CC(=O)N(C2CCCCC2)C2CCCCC2)n1. The molecule has 2 saturated carbocycles. The first-order valence-corrected chi connectivity index (χ1v) is 12.4. The fourth-order valence-corrected chi connectivity index (χ4v) is 5.74. The van der Waals surface area contributed by atoms with Crippen molar-refractivity contribution in [3.05, 3.63) is 48.2 Å². The number of carbonyl (C=O) groups excluding carboxylic acids is 1. The minimum atomic E-state index is 0.251. The fraction of sp³-hybridized carbons (Fsp3) is 0.519. The van der Waals surface area contributed by atoms with Crippen LogP contribution in [0.5, 0.6) is 0 Å². The molecule has 0 bridgehead atoms. The predicted molar refractivity (Wildman–Crippen MR) is 128 cm³/mol. The van der Waals surface area contributed by atoms with Gasteiger partial charge in [0.25, 0.3) is 0 Å². The van der Waals surface area contributed by atoms with Gasteiger partial charge in [-0.3, -0.25) is 4.79 Å². The van der Waals surface area contributed by atoms with E-state index in [2.05, 4.69) is 15.5 Å². The molecule has 0 atom stereocenters. The molecular formula is C27H34N4O. The number of aromatic nitrogens is 3. The Labute approximate surface area is 190 Å². The van der Waals surface area contributed by atoms with Crippen LogP contribution >= 0.6 is 0 Å². The molecule has 0 radical (unpaired) electrons. The second-order valence-corrected chi connectivity index (χ2v) is 9.56. The van der Waals surface area contributed by atoms with Crippen LogP contribution in [0.3, 0.4) is 0 Å². The second kappa shape index (κ2) is 9.43. The van der Waals surface area contributed by atoms with Crippen molar-refractivity contribution in [3.63, 3.8) is 0 Å². The Bertz CT molecular complexity index is 1060. The van der Waals surface area contributed by atoms with Crippen molar-refractivity contribution in [2.24, 2.45) is 0 Å². The number of fused-ring (bicyclic) bond motifs is 1. The Morgan fingerprint density at radius 3 is 2.19 bits per heavy atom. The van der Waals surface area contributed by atoms with E-state index in [0.717, 1.165) is 53.9 Å². The Morgan fingerprint density at radius 1 is 0.875 bits per heavy atom. The number of para-hydroxylation sites is 2. The van der Waals surface area contributed by atoms with E-state index in [-0.39, 0.29) is 5.91 Å². The lowest BCUT2D eigenvalue weighted by Gasteiger charge is -2.42. The van der Waals surface area contributed by atoms with Crippen LogP contribution in [-0.4, -0.2) is 37.4 Å². The van der Waals surface area contributed by atoms with E-state index in [1.54, 1.807) is 0 Å². The van der Waals surface area contributed by atoms with E-state index in [0.29, 0.717) is 18.6 Å². The molecule has 5 rings (SSSR count). The predicted octanol–water partition coefficient (Wildman–Crippen LogP) is 5.90. The number of imidazole rings is 1. The maximum absolute atomic E-state index is 14.0. The largest absolute Gasteiger partial charge is 0.335 e. The second-order valence-electron chi connectivity index (χ2n) is 9.56. The lowest BCUT2D eigenvalue weighted by Crippen LogP contribution is -2.50. The summed E-state index contributed by atoms with van der Waals surface area (Å²) < 4.78 is 2.10. The summed E-state index contributed by atoms with van der Waals surface area (Å²) in [7, 11) is 0. The number of pyridine rings is 1. The highest BCUT2D eigenvalue weighted by atomic mass is 16.2. The lowest BCUT2D eigenvalue weighted by molar-refractivity contribution is -0.138. The van der Waals surface area contributed by atoms with E-state index < -0.39 is 0 Å². The van der Waals surface area contributed by atoms with Gasteiger partial charge >= 0.3 is 0 Å². The van der Waals surface area contributed by atoms with Crippen molar-refractivity contribution in [2.45, 2.75) is 89.8 Å². The monoisotopic (exact) mass is 430 g/mol. The Balaban J connectivity index is 1.51. The van der Waals surface area contributed by atoms with Gasteiger partial charge in [0.2, 0.25) is 5.91 Å². The summed E-state index contributed by atoms with van der Waals surface area (Å²) >= 11 is 0. The summed E-state index contributed by atoms with van der Waals surface area (Å²) in [5.41, 5.74) is 3.71. The van der Waals surface area contributed by atoms with Crippen molar-refractivity contribution in [2.75, 3.05) is 0 Å². The van der Waals surface area contributed by atoms with Gasteiger partial charge in [-0.25, -0.2) is 9.97 Å². The highest BCUT2D eigenvalue weighted by Gasteiger charge is 2.33. The quantitative estimate of drug-likeness (QED) is 0.506. The summed E-state index contributed by atoms with van der Waals surface area (Å²) in [4.78, 5) is 25.9. The molecule has 0 unspecified atom stereocenters. The van der Waals surface area contributed by atoms with Crippen molar-refractivity contribution < 1.29 is 4.79 Å². The van der Waals surface area contributed by atoms with Gasteiger partial charge in [-0.05, 0) is 56.9 Å². The minimum Gasteiger partial charge on any atom is -0.335 e. The number of amides is 1. The molecule has 168 valence electrons. The summed E-state index contributed by atoms with van der Waals surface area (Å²) in [6.07, 6.45) is 12.2. The van der Waals surface area contributed by atoms with Crippen LogP contribution in [0.25, 0.3) is 22.6 Å². The van der Waals surface area contributed by atoms with Gasteiger partial charge in [0.1, 0.15) is 12.2 Å². The molecule has 3 aromatic rings. The van der Waals surface area contributed by atoms with Gasteiger partial charge in [-0.2, -0.15) is 0 Å². The first-order valence-electron chi connectivity index (χ1n) is 12.4. The van der Waals surface area contributed by atoms with Crippen LogP contribution in [0.15, 0.2) is 42.5 Å². The van der Waals surface area contributed by atoms with Crippen molar-refractivity contribution in [1.82, 2.24) is 19.4 Å². The first kappa shape index (κ1) is 21.2. The van der Waals surface area contributed by atoms with Gasteiger partial charge in [-0.15, -0.1) is 0 Å². The van der Waals surface area contributed by atoms with Gasteiger partial charge in [0.15, 0.2) is 5.82 Å². The van der Waals surface area contributed by atoms with E-state index in [9.17, 15) is 4.79 Å². The topological polar surface area (TPSA) is 51.0 Å². The van der Waals surface area contributed by atoms with Crippen LogP contribution in [0.2, 0.25) is 0 Å². The number of nitrogens with zero attached hydrogens (tertiary/aromatic N) is 4. The van der Waals surface area contributed by atoms with Crippen LogP contribution in [0.1, 0.15) is 69.9 Å². The Hall–Kier alpha value is -2.69. The maximum Gasteiger partial charge on any atom is 0.243 e. The molecule has 1 aromatic carbocycles. The van der Waals surface area contributed by atoms with Crippen molar-refractivity contribution in [1.29, 1.82) is 0 Å². The third-order valence-corrected chi connectivity index (χ3v) is 7.29. The van der Waals surface area contributed by atoms with Crippen LogP contribution in [0, 0.1) is 6.92 Å². The highest BCUT2D eigenvalue weighted by molar-refractivity contribution is 5.84. The molecule has 2 aliphatic carbocycles. The molecule has 2 fully saturated rings. The number of rotatable bonds is 5. The van der Waals surface area contributed by atoms with Crippen LogP contribution in [0.4, 0.5) is 0 Å². The number of hydrogen-bond acceptors (Lipinski definition) is 3. The minimum absolute atomic E-state index is 0.251. The standard InChI is InChI=1S/C27H34N4O/c1-20-11-10-17-24(28-20)27-29-23-16-8-9-18-25(23)30(27)19-26(32)31(21-12-4-2-5-13-21)22-14-6-3-7-15-22/h8-11,16-18,21-22H,2-7,12-15,19H2,1H3. The highest BCUT2D eigenvalue weighted by Crippen LogP contribution is 2.31. The molecule has 2 heterocycles. The van der Waals surface area contributed by atoms with E-state index >= 15 is 0 Å². The average molecular weight is 431 g/mol. The maximum atomic E-state index is 14.0. The van der Waals surface area contributed by atoms with E-state index in [1.807, 2.05) is 43.3 Å². The van der Waals surface area contributed by atoms with E-state index in [4.69, 9.17) is 9.97 Å². The van der Waals surface area contributed by atoms with E-state index in [1.165, 1.54) is 38.5 Å². The first-order chi connectivity index (χ1) is 15.7. The zero-order valence-electron chi connectivity index (χ0n) is 19.2. The molecule has 2 aromatic heterocycles. The molecule has 5 nitrogen and oxygen atoms in total. The molecule has 5 heteroatoms. The summed E-state index contributed by atoms with van der Waals surface area (Å²) in [6.45, 7) is 2.33.